The third-order valence-corrected chi connectivity index (χ3v) is 4.35. The van der Waals surface area contributed by atoms with Crippen molar-refractivity contribution in [1.82, 2.24) is 5.32 Å². The molecule has 1 aromatic heterocycles. The molecule has 0 atom stereocenters. The molecule has 1 aromatic carbocycles. The Bertz CT molecular complexity index is 809. The highest BCUT2D eigenvalue weighted by Crippen LogP contribution is 2.24. The summed E-state index contributed by atoms with van der Waals surface area (Å²) >= 11 is 0. The van der Waals surface area contributed by atoms with Crippen LogP contribution in [0.4, 0.5) is 4.39 Å². The van der Waals surface area contributed by atoms with Gasteiger partial charge in [-0.2, -0.15) is 5.26 Å². The van der Waals surface area contributed by atoms with E-state index in [1.54, 1.807) is 24.3 Å². The lowest BCUT2D eigenvalue weighted by atomic mass is 9.95. The Kier molecular flexibility index (Phi) is 5.30. The molecule has 25 heavy (non-hydrogen) atoms. The summed E-state index contributed by atoms with van der Waals surface area (Å²) in [5, 5.41) is 12.2. The second-order valence-electron chi connectivity index (χ2n) is 6.19. The summed E-state index contributed by atoms with van der Waals surface area (Å²) in [4.78, 5) is 12.3. The summed E-state index contributed by atoms with van der Waals surface area (Å²) in [6.45, 7) is 0. The van der Waals surface area contributed by atoms with Gasteiger partial charge in [-0.25, -0.2) is 4.39 Å². The quantitative estimate of drug-likeness (QED) is 0.662. The highest BCUT2D eigenvalue weighted by Gasteiger charge is 2.18. The zero-order valence-electron chi connectivity index (χ0n) is 13.8. The molecule has 0 radical (unpaired) electrons. The van der Waals surface area contributed by atoms with Crippen molar-refractivity contribution >= 4 is 12.0 Å². The van der Waals surface area contributed by atoms with E-state index in [-0.39, 0.29) is 23.3 Å². The highest BCUT2D eigenvalue weighted by atomic mass is 19.1. The van der Waals surface area contributed by atoms with Crippen LogP contribution in [0.15, 0.2) is 46.4 Å². The molecule has 0 spiro atoms. The van der Waals surface area contributed by atoms with Crippen molar-refractivity contribution in [3.63, 3.8) is 0 Å². The standard InChI is InChI=1S/C20H19FN2O2/c21-16-8-6-14(7-9-16)19-11-10-18(25-19)12-15(13-22)20(24)23-17-4-2-1-3-5-17/h6-12,17H,1-5H2,(H,23,24)/b15-12+. The molecule has 5 heteroatoms. The number of hydrogen-bond donors (Lipinski definition) is 1. The van der Waals surface area contributed by atoms with Gasteiger partial charge in [-0.1, -0.05) is 19.3 Å². The number of amides is 1. The Morgan fingerprint density at radius 1 is 1.16 bits per heavy atom. The molecule has 0 aliphatic heterocycles. The molecule has 4 nitrogen and oxygen atoms in total. The predicted octanol–water partition coefficient (Wildman–Crippen LogP) is 4.44. The van der Waals surface area contributed by atoms with E-state index in [1.807, 2.05) is 6.07 Å². The Morgan fingerprint density at radius 2 is 1.88 bits per heavy atom. The lowest BCUT2D eigenvalue weighted by Crippen LogP contribution is -2.36. The number of carbonyl (C=O) groups is 1. The van der Waals surface area contributed by atoms with Gasteiger partial charge in [-0.3, -0.25) is 4.79 Å². The first-order chi connectivity index (χ1) is 12.2. The maximum Gasteiger partial charge on any atom is 0.262 e. The van der Waals surface area contributed by atoms with Crippen molar-refractivity contribution < 1.29 is 13.6 Å². The Labute approximate surface area is 146 Å². The molecule has 1 saturated carbocycles. The Hall–Kier alpha value is -2.87. The van der Waals surface area contributed by atoms with E-state index in [2.05, 4.69) is 5.32 Å². The molecular formula is C20H19FN2O2. The van der Waals surface area contributed by atoms with Crippen LogP contribution in [0.3, 0.4) is 0 Å². The topological polar surface area (TPSA) is 66.0 Å². The minimum Gasteiger partial charge on any atom is -0.457 e. The average Bonchev–Trinajstić information content (AvgIpc) is 3.09. The van der Waals surface area contributed by atoms with Crippen LogP contribution < -0.4 is 5.32 Å². The van der Waals surface area contributed by atoms with E-state index in [9.17, 15) is 14.4 Å². The lowest BCUT2D eigenvalue weighted by molar-refractivity contribution is -0.117. The zero-order chi connectivity index (χ0) is 17.6. The lowest BCUT2D eigenvalue weighted by Gasteiger charge is -2.22. The fraction of sp³-hybridized carbons (Fsp3) is 0.300. The number of nitriles is 1. The van der Waals surface area contributed by atoms with Crippen LogP contribution in [0.1, 0.15) is 37.9 Å². The monoisotopic (exact) mass is 338 g/mol. The number of rotatable bonds is 4. The normalized spacial score (nSPS) is 15.6. The van der Waals surface area contributed by atoms with Gasteiger partial charge in [0.2, 0.25) is 0 Å². The van der Waals surface area contributed by atoms with Gasteiger partial charge in [0.1, 0.15) is 29.0 Å². The Balaban J connectivity index is 1.72. The largest absolute Gasteiger partial charge is 0.457 e. The van der Waals surface area contributed by atoms with Crippen LogP contribution in [-0.4, -0.2) is 11.9 Å². The number of carbonyl (C=O) groups excluding carboxylic acids is 1. The van der Waals surface area contributed by atoms with Crippen molar-refractivity contribution in [3.05, 3.63) is 53.5 Å². The Morgan fingerprint density at radius 3 is 2.56 bits per heavy atom. The molecule has 2 aromatic rings. The molecule has 1 amide bonds. The summed E-state index contributed by atoms with van der Waals surface area (Å²) in [6, 6.07) is 11.4. The van der Waals surface area contributed by atoms with Crippen molar-refractivity contribution in [2.75, 3.05) is 0 Å². The van der Waals surface area contributed by atoms with Crippen LogP contribution in [0.2, 0.25) is 0 Å². The van der Waals surface area contributed by atoms with Gasteiger partial charge in [0.05, 0.1) is 0 Å². The third kappa shape index (κ3) is 4.36. The summed E-state index contributed by atoms with van der Waals surface area (Å²) in [5.41, 5.74) is 0.747. The summed E-state index contributed by atoms with van der Waals surface area (Å²) < 4.78 is 18.6. The number of hydrogen-bond acceptors (Lipinski definition) is 3. The third-order valence-electron chi connectivity index (χ3n) is 4.35. The summed E-state index contributed by atoms with van der Waals surface area (Å²) in [5.74, 6) is 0.279. The van der Waals surface area contributed by atoms with E-state index >= 15 is 0 Å². The van der Waals surface area contributed by atoms with E-state index in [0.29, 0.717) is 11.5 Å². The minimum atomic E-state index is -0.367. The molecule has 1 heterocycles. The number of benzene rings is 1. The average molecular weight is 338 g/mol. The van der Waals surface area contributed by atoms with Gasteiger partial charge in [-0.05, 0) is 49.2 Å². The molecule has 0 saturated heterocycles. The molecule has 1 N–H and O–H groups in total. The van der Waals surface area contributed by atoms with E-state index in [0.717, 1.165) is 31.2 Å². The number of nitrogens with zero attached hydrogens (tertiary/aromatic N) is 1. The maximum atomic E-state index is 13.0. The fourth-order valence-electron chi connectivity index (χ4n) is 3.00. The molecule has 3 rings (SSSR count). The predicted molar refractivity (Wildman–Crippen MR) is 92.7 cm³/mol. The first-order valence-corrected chi connectivity index (χ1v) is 8.44. The highest BCUT2D eigenvalue weighted by molar-refractivity contribution is 6.01. The minimum absolute atomic E-state index is 0.0191. The number of nitrogens with one attached hydrogen (secondary N) is 1. The zero-order valence-corrected chi connectivity index (χ0v) is 13.8. The second kappa shape index (κ2) is 7.80. The van der Waals surface area contributed by atoms with Crippen LogP contribution >= 0.6 is 0 Å². The maximum absolute atomic E-state index is 13.0. The van der Waals surface area contributed by atoms with Crippen LogP contribution in [-0.2, 0) is 4.79 Å². The number of halogens is 1. The smallest absolute Gasteiger partial charge is 0.262 e. The van der Waals surface area contributed by atoms with Gasteiger partial charge in [0, 0.05) is 17.7 Å². The summed E-state index contributed by atoms with van der Waals surface area (Å²) in [6.07, 6.45) is 6.77. The molecule has 128 valence electrons. The van der Waals surface area contributed by atoms with Crippen LogP contribution in [0.5, 0.6) is 0 Å². The van der Waals surface area contributed by atoms with Crippen molar-refractivity contribution in [2.24, 2.45) is 0 Å². The first kappa shape index (κ1) is 17.0. The van der Waals surface area contributed by atoms with Gasteiger partial charge >= 0.3 is 0 Å². The van der Waals surface area contributed by atoms with E-state index < -0.39 is 0 Å². The van der Waals surface area contributed by atoms with E-state index in [1.165, 1.54) is 24.6 Å². The first-order valence-electron chi connectivity index (χ1n) is 8.44. The van der Waals surface area contributed by atoms with Crippen LogP contribution in [0, 0.1) is 17.1 Å². The van der Waals surface area contributed by atoms with Gasteiger partial charge in [-0.15, -0.1) is 0 Å². The molecular weight excluding hydrogens is 319 g/mol. The van der Waals surface area contributed by atoms with E-state index in [4.69, 9.17) is 4.42 Å². The molecule has 0 bridgehead atoms. The molecule has 1 aliphatic rings. The van der Waals surface area contributed by atoms with Gasteiger partial charge in [0.25, 0.3) is 5.91 Å². The molecule has 0 unspecified atom stereocenters. The van der Waals surface area contributed by atoms with Crippen molar-refractivity contribution in [1.29, 1.82) is 5.26 Å². The van der Waals surface area contributed by atoms with Crippen LogP contribution in [0.25, 0.3) is 17.4 Å². The van der Waals surface area contributed by atoms with Gasteiger partial charge in [0.15, 0.2) is 0 Å². The van der Waals surface area contributed by atoms with Gasteiger partial charge < -0.3 is 9.73 Å². The fourth-order valence-corrected chi connectivity index (χ4v) is 3.00. The SMILES string of the molecule is N#C/C(=C\c1ccc(-c2ccc(F)cc2)o1)C(=O)NC1CCCCC1. The summed E-state index contributed by atoms with van der Waals surface area (Å²) in [7, 11) is 0. The van der Waals surface area contributed by atoms with Crippen molar-refractivity contribution in [2.45, 2.75) is 38.1 Å². The van der Waals surface area contributed by atoms with Crippen molar-refractivity contribution in [3.8, 4) is 17.4 Å². The molecule has 1 fully saturated rings. The number of furan rings is 1. The molecule has 1 aliphatic carbocycles. The second-order valence-corrected chi connectivity index (χ2v) is 6.19.